The molecule has 0 aromatic heterocycles. The Labute approximate surface area is 122 Å². The molecular formula is C12H22N2O5S. The van der Waals surface area contributed by atoms with Crippen LogP contribution in [-0.4, -0.2) is 53.3 Å². The Bertz CT molecular complexity index is 354. The summed E-state index contributed by atoms with van der Waals surface area (Å²) in [7, 11) is 1.53. The molecule has 116 valence electrons. The lowest BCUT2D eigenvalue weighted by Gasteiger charge is -2.21. The third kappa shape index (κ3) is 9.48. The van der Waals surface area contributed by atoms with Crippen LogP contribution in [0.5, 0.6) is 0 Å². The van der Waals surface area contributed by atoms with E-state index in [1.165, 1.54) is 18.8 Å². The second-order valence-electron chi connectivity index (χ2n) is 5.05. The molecular weight excluding hydrogens is 284 g/mol. The van der Waals surface area contributed by atoms with Crippen LogP contribution >= 0.6 is 11.8 Å². The van der Waals surface area contributed by atoms with E-state index in [0.717, 1.165) is 0 Å². The van der Waals surface area contributed by atoms with Crippen molar-refractivity contribution in [3.63, 3.8) is 0 Å². The highest BCUT2D eigenvalue weighted by Gasteiger charge is 2.23. The third-order valence-electron chi connectivity index (χ3n) is 2.05. The van der Waals surface area contributed by atoms with Crippen molar-refractivity contribution in [2.24, 2.45) is 0 Å². The Balaban J connectivity index is 4.15. The molecule has 0 saturated carbocycles. The summed E-state index contributed by atoms with van der Waals surface area (Å²) < 4.78 is 5.00. The lowest BCUT2D eigenvalue weighted by Crippen LogP contribution is -2.43. The van der Waals surface area contributed by atoms with Crippen LogP contribution in [0.4, 0.5) is 4.79 Å². The fourth-order valence-electron chi connectivity index (χ4n) is 1.15. The van der Waals surface area contributed by atoms with Gasteiger partial charge < -0.3 is 20.5 Å². The molecule has 0 fully saturated rings. The molecule has 3 N–H and O–H groups in total. The maximum Gasteiger partial charge on any atom is 0.408 e. The molecule has 20 heavy (non-hydrogen) atoms. The highest BCUT2D eigenvalue weighted by Crippen LogP contribution is 2.09. The highest BCUT2D eigenvalue weighted by atomic mass is 32.2. The maximum atomic E-state index is 11.5. The van der Waals surface area contributed by atoms with Crippen molar-refractivity contribution in [1.82, 2.24) is 10.6 Å². The first kappa shape index (κ1) is 18.6. The predicted molar refractivity (Wildman–Crippen MR) is 76.8 cm³/mol. The first-order valence-electron chi connectivity index (χ1n) is 6.16. The molecule has 0 aliphatic heterocycles. The molecule has 2 amide bonds. The first-order chi connectivity index (χ1) is 9.15. The lowest BCUT2D eigenvalue weighted by molar-refractivity contribution is -0.139. The van der Waals surface area contributed by atoms with Crippen molar-refractivity contribution in [1.29, 1.82) is 0 Å². The van der Waals surface area contributed by atoms with Gasteiger partial charge in [0.15, 0.2) is 0 Å². The molecule has 7 nitrogen and oxygen atoms in total. The van der Waals surface area contributed by atoms with E-state index in [4.69, 9.17) is 9.84 Å². The highest BCUT2D eigenvalue weighted by molar-refractivity contribution is 7.99. The summed E-state index contributed by atoms with van der Waals surface area (Å²) >= 11 is 1.30. The van der Waals surface area contributed by atoms with Crippen molar-refractivity contribution in [3.05, 3.63) is 0 Å². The van der Waals surface area contributed by atoms with Gasteiger partial charge in [0.2, 0.25) is 5.91 Å². The predicted octanol–water partition coefficient (Wildman–Crippen LogP) is 0.834. The molecule has 0 radical (unpaired) electrons. The van der Waals surface area contributed by atoms with Gasteiger partial charge in [-0.3, -0.25) is 4.79 Å². The largest absolute Gasteiger partial charge is 0.480 e. The van der Waals surface area contributed by atoms with E-state index in [0.29, 0.717) is 5.75 Å². The van der Waals surface area contributed by atoms with Gasteiger partial charge in [-0.05, 0) is 32.9 Å². The van der Waals surface area contributed by atoms with Crippen molar-refractivity contribution in [2.75, 3.05) is 18.6 Å². The summed E-state index contributed by atoms with van der Waals surface area (Å²) in [5.41, 5.74) is -0.679. The molecule has 1 atom stereocenters. The second kappa shape index (κ2) is 8.68. The standard InChI is InChI=1S/C12H22N2O5S/c1-12(2,3)19-11(18)14-8(10(16)17)5-6-20-7-9(15)13-4/h8H,5-7H2,1-4H3,(H,13,15)(H,14,18)(H,16,17). The fourth-order valence-corrected chi connectivity index (χ4v) is 2.02. The Morgan fingerprint density at radius 1 is 1.30 bits per heavy atom. The first-order valence-corrected chi connectivity index (χ1v) is 7.32. The molecule has 0 aliphatic carbocycles. The van der Waals surface area contributed by atoms with Crippen molar-refractivity contribution >= 4 is 29.7 Å². The average Bonchev–Trinajstić information content (AvgIpc) is 2.29. The number of carboxylic acid groups (broad SMARTS) is 1. The Morgan fingerprint density at radius 2 is 1.90 bits per heavy atom. The second-order valence-corrected chi connectivity index (χ2v) is 6.16. The SMILES string of the molecule is CNC(=O)CSCCC(NC(=O)OC(C)(C)C)C(=O)O. The van der Waals surface area contributed by atoms with E-state index in [1.54, 1.807) is 20.8 Å². The summed E-state index contributed by atoms with van der Waals surface area (Å²) in [5.74, 6) is -0.548. The summed E-state index contributed by atoms with van der Waals surface area (Å²) in [6.45, 7) is 5.09. The molecule has 0 heterocycles. The van der Waals surface area contributed by atoms with Crippen LogP contribution in [-0.2, 0) is 14.3 Å². The van der Waals surface area contributed by atoms with Gasteiger partial charge in [-0.25, -0.2) is 9.59 Å². The van der Waals surface area contributed by atoms with Gasteiger partial charge in [-0.15, -0.1) is 0 Å². The Kier molecular flexibility index (Phi) is 8.05. The van der Waals surface area contributed by atoms with Gasteiger partial charge in [0.1, 0.15) is 11.6 Å². The Hall–Kier alpha value is -1.44. The van der Waals surface area contributed by atoms with E-state index in [1.807, 2.05) is 0 Å². The normalized spacial score (nSPS) is 12.4. The number of carbonyl (C=O) groups excluding carboxylic acids is 2. The number of alkyl carbamates (subject to hydrolysis) is 1. The van der Waals surface area contributed by atoms with Crippen molar-refractivity contribution in [3.8, 4) is 0 Å². The number of hydrogen-bond donors (Lipinski definition) is 3. The van der Waals surface area contributed by atoms with E-state index in [9.17, 15) is 14.4 Å². The van der Waals surface area contributed by atoms with Crippen LogP contribution in [0.2, 0.25) is 0 Å². The van der Waals surface area contributed by atoms with Crippen LogP contribution in [0.15, 0.2) is 0 Å². The molecule has 0 aromatic carbocycles. The maximum absolute atomic E-state index is 11.5. The van der Waals surface area contributed by atoms with E-state index < -0.39 is 23.7 Å². The summed E-state index contributed by atoms with van der Waals surface area (Å²) in [6, 6.07) is -1.03. The minimum Gasteiger partial charge on any atom is -0.480 e. The van der Waals surface area contributed by atoms with Gasteiger partial charge >= 0.3 is 12.1 Å². The van der Waals surface area contributed by atoms with Crippen molar-refractivity contribution in [2.45, 2.75) is 38.8 Å². The third-order valence-corrected chi connectivity index (χ3v) is 3.04. The number of rotatable bonds is 7. The van der Waals surface area contributed by atoms with Crippen LogP contribution in [0.25, 0.3) is 0 Å². The lowest BCUT2D eigenvalue weighted by atomic mass is 10.2. The fraction of sp³-hybridized carbons (Fsp3) is 0.750. The van der Waals surface area contributed by atoms with Crippen LogP contribution in [0.3, 0.4) is 0 Å². The topological polar surface area (TPSA) is 105 Å². The number of carboxylic acids is 1. The molecule has 0 aliphatic rings. The minimum absolute atomic E-state index is 0.123. The van der Waals surface area contributed by atoms with Crippen LogP contribution < -0.4 is 10.6 Å². The summed E-state index contributed by atoms with van der Waals surface area (Å²) in [6.07, 6.45) is -0.544. The van der Waals surface area contributed by atoms with Crippen LogP contribution in [0, 0.1) is 0 Å². The average molecular weight is 306 g/mol. The molecule has 0 bridgehead atoms. The number of ether oxygens (including phenoxy) is 1. The number of nitrogens with one attached hydrogen (secondary N) is 2. The van der Waals surface area contributed by atoms with Gasteiger partial charge in [0.05, 0.1) is 5.75 Å². The van der Waals surface area contributed by atoms with Gasteiger partial charge in [-0.1, -0.05) is 0 Å². The van der Waals surface area contributed by atoms with E-state index in [2.05, 4.69) is 10.6 Å². The minimum atomic E-state index is -1.13. The zero-order valence-corrected chi connectivity index (χ0v) is 13.0. The van der Waals surface area contributed by atoms with E-state index >= 15 is 0 Å². The zero-order chi connectivity index (χ0) is 15.8. The van der Waals surface area contributed by atoms with Gasteiger partial charge in [-0.2, -0.15) is 11.8 Å². The number of hydrogen-bond acceptors (Lipinski definition) is 5. The van der Waals surface area contributed by atoms with Crippen LogP contribution in [0.1, 0.15) is 27.2 Å². The molecule has 8 heteroatoms. The number of amides is 2. The van der Waals surface area contributed by atoms with Crippen molar-refractivity contribution < 1.29 is 24.2 Å². The smallest absolute Gasteiger partial charge is 0.408 e. The number of carbonyl (C=O) groups is 3. The molecule has 0 aromatic rings. The molecule has 0 rings (SSSR count). The summed E-state index contributed by atoms with van der Waals surface area (Å²) in [5, 5.41) is 13.8. The zero-order valence-electron chi connectivity index (χ0n) is 12.2. The molecule has 1 unspecified atom stereocenters. The summed E-state index contributed by atoms with van der Waals surface area (Å²) in [4.78, 5) is 33.5. The van der Waals surface area contributed by atoms with Gasteiger partial charge in [0.25, 0.3) is 0 Å². The monoisotopic (exact) mass is 306 g/mol. The number of aliphatic carboxylic acids is 1. The molecule has 0 saturated heterocycles. The van der Waals surface area contributed by atoms with Gasteiger partial charge in [0, 0.05) is 7.05 Å². The Morgan fingerprint density at radius 3 is 2.35 bits per heavy atom. The number of thioether (sulfide) groups is 1. The quantitative estimate of drug-likeness (QED) is 0.602. The molecule has 0 spiro atoms. The van der Waals surface area contributed by atoms with E-state index in [-0.39, 0.29) is 18.1 Å².